The summed E-state index contributed by atoms with van der Waals surface area (Å²) >= 11 is 1.95. The van der Waals surface area contributed by atoms with Crippen LogP contribution in [0.1, 0.15) is 39.5 Å². The number of rotatable bonds is 5. The van der Waals surface area contributed by atoms with Crippen LogP contribution >= 0.6 is 11.8 Å². The predicted octanol–water partition coefficient (Wildman–Crippen LogP) is 4.82. The minimum Gasteiger partial charge on any atom is -0.344 e. The Hall–Kier alpha value is -0.960. The monoisotopic (exact) mass is 276 g/mol. The average molecular weight is 276 g/mol. The van der Waals surface area contributed by atoms with E-state index in [9.17, 15) is 0 Å². The van der Waals surface area contributed by atoms with E-state index in [0.29, 0.717) is 0 Å². The van der Waals surface area contributed by atoms with E-state index < -0.39 is 0 Å². The minimum atomic E-state index is 0.790. The van der Waals surface area contributed by atoms with Crippen LogP contribution in [0.5, 0.6) is 0 Å². The molecule has 0 fully saturated rings. The van der Waals surface area contributed by atoms with Gasteiger partial charge in [0.2, 0.25) is 0 Å². The smallest absolute Gasteiger partial charge is 0.101 e. The fraction of sp³-hybridized carbons (Fsp3) is 0.562. The molecule has 2 rings (SSSR count). The Morgan fingerprint density at radius 2 is 2.00 bits per heavy atom. The first-order valence-corrected chi connectivity index (χ1v) is 8.26. The summed E-state index contributed by atoms with van der Waals surface area (Å²) in [6.45, 7) is 5.53. The average Bonchev–Trinajstić information content (AvgIpc) is 2.42. The molecule has 0 radical (unpaired) electrons. The van der Waals surface area contributed by atoms with Gasteiger partial charge in [-0.1, -0.05) is 13.8 Å². The summed E-state index contributed by atoms with van der Waals surface area (Å²) < 4.78 is 0. The van der Waals surface area contributed by atoms with E-state index in [1.807, 2.05) is 11.8 Å². The first kappa shape index (κ1) is 14.4. The highest BCUT2D eigenvalue weighted by Gasteiger charge is 2.05. The molecule has 0 atom stereocenters. The van der Waals surface area contributed by atoms with Crippen LogP contribution in [0.3, 0.4) is 0 Å². The second kappa shape index (κ2) is 7.59. The number of nitrogens with zero attached hydrogens (tertiary/aromatic N) is 1. The Morgan fingerprint density at radius 1 is 1.21 bits per heavy atom. The fourth-order valence-electron chi connectivity index (χ4n) is 2.01. The topological polar surface area (TPSA) is 24.4 Å². The Kier molecular flexibility index (Phi) is 5.77. The first-order chi connectivity index (χ1) is 9.24. The van der Waals surface area contributed by atoms with Crippen molar-refractivity contribution in [2.45, 2.75) is 44.4 Å². The highest BCUT2D eigenvalue weighted by Crippen LogP contribution is 2.22. The highest BCUT2D eigenvalue weighted by atomic mass is 32.2. The van der Waals surface area contributed by atoms with Gasteiger partial charge in [-0.15, -0.1) is 11.8 Å². The molecular weight excluding hydrogens is 252 g/mol. The predicted molar refractivity (Wildman–Crippen MR) is 86.4 cm³/mol. The molecule has 0 aliphatic carbocycles. The third kappa shape index (κ3) is 5.27. The zero-order valence-electron chi connectivity index (χ0n) is 12.0. The van der Waals surface area contributed by atoms with E-state index in [2.05, 4.69) is 48.4 Å². The molecule has 19 heavy (non-hydrogen) atoms. The summed E-state index contributed by atoms with van der Waals surface area (Å²) in [6.07, 6.45) is 4.86. The Balaban J connectivity index is 1.82. The molecule has 0 bridgehead atoms. The van der Waals surface area contributed by atoms with E-state index in [0.717, 1.165) is 30.4 Å². The highest BCUT2D eigenvalue weighted by molar-refractivity contribution is 7.99. The normalized spacial score (nSPS) is 15.4. The van der Waals surface area contributed by atoms with Crippen LogP contribution in [0.15, 0.2) is 34.2 Å². The van der Waals surface area contributed by atoms with Crippen LogP contribution in [0.2, 0.25) is 0 Å². The molecular formula is C16H24N2S. The largest absolute Gasteiger partial charge is 0.344 e. The van der Waals surface area contributed by atoms with Gasteiger partial charge in [-0.3, -0.25) is 4.99 Å². The SMILES string of the molecule is CC(C)CCSc1ccc(NC2=NCCCC2)cc1. The van der Waals surface area contributed by atoms with Gasteiger partial charge in [0.1, 0.15) is 5.84 Å². The zero-order valence-corrected chi connectivity index (χ0v) is 12.8. The summed E-state index contributed by atoms with van der Waals surface area (Å²) in [4.78, 5) is 5.87. The molecule has 1 aliphatic rings. The number of hydrogen-bond acceptors (Lipinski definition) is 3. The van der Waals surface area contributed by atoms with E-state index >= 15 is 0 Å². The summed E-state index contributed by atoms with van der Waals surface area (Å²) in [5.41, 5.74) is 1.16. The minimum absolute atomic E-state index is 0.790. The quantitative estimate of drug-likeness (QED) is 0.780. The van der Waals surface area contributed by atoms with Crippen molar-refractivity contribution < 1.29 is 0 Å². The summed E-state index contributed by atoms with van der Waals surface area (Å²) in [6, 6.07) is 8.73. The van der Waals surface area contributed by atoms with Crippen LogP contribution in [-0.4, -0.2) is 18.1 Å². The van der Waals surface area contributed by atoms with Gasteiger partial charge in [-0.2, -0.15) is 0 Å². The van der Waals surface area contributed by atoms with E-state index in [-0.39, 0.29) is 0 Å². The van der Waals surface area contributed by atoms with Crippen molar-refractivity contribution in [3.05, 3.63) is 24.3 Å². The van der Waals surface area contributed by atoms with Crippen molar-refractivity contribution in [2.24, 2.45) is 10.9 Å². The van der Waals surface area contributed by atoms with Gasteiger partial charge in [-0.25, -0.2) is 0 Å². The van der Waals surface area contributed by atoms with Crippen LogP contribution < -0.4 is 5.32 Å². The van der Waals surface area contributed by atoms with Gasteiger partial charge in [0.15, 0.2) is 0 Å². The molecule has 1 aromatic rings. The standard InChI is InChI=1S/C16H24N2S/c1-13(2)10-12-19-15-8-6-14(7-9-15)18-16-5-3-4-11-17-16/h6-9,13H,3-5,10-12H2,1-2H3,(H,17,18). The molecule has 0 saturated carbocycles. The van der Waals surface area contributed by atoms with Crippen molar-refractivity contribution in [3.8, 4) is 0 Å². The van der Waals surface area contributed by atoms with Crippen molar-refractivity contribution in [2.75, 3.05) is 17.6 Å². The number of anilines is 1. The number of thioether (sulfide) groups is 1. The number of hydrogen-bond donors (Lipinski definition) is 1. The molecule has 0 saturated heterocycles. The maximum Gasteiger partial charge on any atom is 0.101 e. The second-order valence-corrected chi connectivity index (χ2v) is 6.63. The molecule has 1 N–H and O–H groups in total. The molecule has 3 heteroatoms. The van der Waals surface area contributed by atoms with Crippen molar-refractivity contribution in [1.29, 1.82) is 0 Å². The molecule has 0 amide bonds. The van der Waals surface area contributed by atoms with E-state index in [4.69, 9.17) is 0 Å². The number of amidine groups is 1. The van der Waals surface area contributed by atoms with Crippen molar-refractivity contribution in [1.82, 2.24) is 0 Å². The van der Waals surface area contributed by atoms with Crippen molar-refractivity contribution >= 4 is 23.3 Å². The third-order valence-electron chi connectivity index (χ3n) is 3.23. The number of benzene rings is 1. The van der Waals surface area contributed by atoms with E-state index in [1.165, 1.54) is 29.9 Å². The lowest BCUT2D eigenvalue weighted by molar-refractivity contribution is 0.632. The third-order valence-corrected chi connectivity index (χ3v) is 4.28. The zero-order chi connectivity index (χ0) is 13.5. The van der Waals surface area contributed by atoms with E-state index in [1.54, 1.807) is 0 Å². The molecule has 1 heterocycles. The molecule has 104 valence electrons. The van der Waals surface area contributed by atoms with Gasteiger partial charge in [0, 0.05) is 23.5 Å². The first-order valence-electron chi connectivity index (χ1n) is 7.27. The summed E-state index contributed by atoms with van der Waals surface area (Å²) in [5.74, 6) is 3.14. The van der Waals surface area contributed by atoms with Gasteiger partial charge in [0.25, 0.3) is 0 Å². The second-order valence-electron chi connectivity index (χ2n) is 5.47. The maximum atomic E-state index is 4.52. The lowest BCUT2D eigenvalue weighted by atomic mass is 10.2. The molecule has 0 aromatic heterocycles. The van der Waals surface area contributed by atoms with Crippen molar-refractivity contribution in [3.63, 3.8) is 0 Å². The van der Waals surface area contributed by atoms with Gasteiger partial charge in [0.05, 0.1) is 0 Å². The van der Waals surface area contributed by atoms with Crippen LogP contribution in [0.4, 0.5) is 5.69 Å². The van der Waals surface area contributed by atoms with Gasteiger partial charge >= 0.3 is 0 Å². The van der Waals surface area contributed by atoms with Gasteiger partial charge in [-0.05, 0) is 55.2 Å². The lowest BCUT2D eigenvalue weighted by Gasteiger charge is -2.14. The molecule has 0 spiro atoms. The Morgan fingerprint density at radius 3 is 2.63 bits per heavy atom. The van der Waals surface area contributed by atoms with Crippen LogP contribution in [-0.2, 0) is 0 Å². The molecule has 1 aromatic carbocycles. The number of aliphatic imine (C=N–C) groups is 1. The number of nitrogens with one attached hydrogen (secondary N) is 1. The molecule has 0 unspecified atom stereocenters. The maximum absolute atomic E-state index is 4.52. The summed E-state index contributed by atoms with van der Waals surface area (Å²) in [5, 5.41) is 3.42. The summed E-state index contributed by atoms with van der Waals surface area (Å²) in [7, 11) is 0. The Labute approximate surface area is 121 Å². The fourth-order valence-corrected chi connectivity index (χ4v) is 3.17. The lowest BCUT2D eigenvalue weighted by Crippen LogP contribution is -2.15. The van der Waals surface area contributed by atoms with Crippen LogP contribution in [0.25, 0.3) is 0 Å². The Bertz CT molecular complexity index is 409. The molecule has 2 nitrogen and oxygen atoms in total. The molecule has 1 aliphatic heterocycles. The van der Waals surface area contributed by atoms with Gasteiger partial charge < -0.3 is 5.32 Å². The van der Waals surface area contributed by atoms with Crippen LogP contribution in [0, 0.1) is 5.92 Å².